The number of hydrogen-bond acceptors (Lipinski definition) is 3. The number of benzene rings is 1. The number of aromatic nitrogens is 1. The molecule has 4 nitrogen and oxygen atoms in total. The number of rotatable bonds is 3. The van der Waals surface area contributed by atoms with Crippen LogP contribution in [0.4, 0.5) is 13.2 Å². The van der Waals surface area contributed by atoms with E-state index in [1.54, 1.807) is 0 Å². The molecule has 1 aromatic heterocycles. The molecule has 104 valence electrons. The SMILES string of the molecule is O=C(O)c1ccc(-c2ccc(OC(F)(F)F)cc2)cn1. The van der Waals surface area contributed by atoms with E-state index in [-0.39, 0.29) is 11.4 Å². The fourth-order valence-electron chi connectivity index (χ4n) is 1.54. The number of aromatic carboxylic acids is 1. The highest BCUT2D eigenvalue weighted by atomic mass is 19.4. The smallest absolute Gasteiger partial charge is 0.477 e. The Morgan fingerprint density at radius 1 is 1.05 bits per heavy atom. The number of alkyl halides is 3. The molecule has 1 N–H and O–H groups in total. The molecule has 0 atom stereocenters. The lowest BCUT2D eigenvalue weighted by molar-refractivity contribution is -0.274. The topological polar surface area (TPSA) is 59.4 Å². The number of nitrogens with zero attached hydrogens (tertiary/aromatic N) is 1. The van der Waals surface area contributed by atoms with Gasteiger partial charge >= 0.3 is 12.3 Å². The fraction of sp³-hybridized carbons (Fsp3) is 0.0769. The van der Waals surface area contributed by atoms with E-state index in [1.165, 1.54) is 42.6 Å². The van der Waals surface area contributed by atoms with E-state index < -0.39 is 12.3 Å². The summed E-state index contributed by atoms with van der Waals surface area (Å²) in [6.07, 6.45) is -3.39. The van der Waals surface area contributed by atoms with Crippen LogP contribution in [0.15, 0.2) is 42.6 Å². The Bertz CT molecular complexity index is 606. The van der Waals surface area contributed by atoms with E-state index in [2.05, 4.69) is 9.72 Å². The number of pyridine rings is 1. The molecular formula is C13H8F3NO3. The van der Waals surface area contributed by atoms with Gasteiger partial charge in [-0.25, -0.2) is 9.78 Å². The van der Waals surface area contributed by atoms with Crippen LogP contribution in [0.25, 0.3) is 11.1 Å². The zero-order valence-electron chi connectivity index (χ0n) is 9.89. The van der Waals surface area contributed by atoms with Crippen molar-refractivity contribution in [2.24, 2.45) is 0 Å². The Balaban J connectivity index is 2.19. The Kier molecular flexibility index (Phi) is 3.60. The Hall–Kier alpha value is -2.57. The van der Waals surface area contributed by atoms with Gasteiger partial charge in [-0.05, 0) is 23.8 Å². The highest BCUT2D eigenvalue weighted by Crippen LogP contribution is 2.26. The maximum atomic E-state index is 12.0. The van der Waals surface area contributed by atoms with Gasteiger partial charge in [0.1, 0.15) is 11.4 Å². The number of carbonyl (C=O) groups is 1. The molecule has 1 aromatic carbocycles. The minimum absolute atomic E-state index is 0.106. The lowest BCUT2D eigenvalue weighted by Crippen LogP contribution is -2.16. The first kappa shape index (κ1) is 13.9. The van der Waals surface area contributed by atoms with Crippen LogP contribution in [0.1, 0.15) is 10.5 Å². The Morgan fingerprint density at radius 2 is 1.65 bits per heavy atom. The van der Waals surface area contributed by atoms with Crippen molar-refractivity contribution in [3.63, 3.8) is 0 Å². The first-order valence-electron chi connectivity index (χ1n) is 5.41. The van der Waals surface area contributed by atoms with Crippen molar-refractivity contribution < 1.29 is 27.8 Å². The number of halogens is 3. The second kappa shape index (κ2) is 5.20. The number of ether oxygens (including phenoxy) is 1. The van der Waals surface area contributed by atoms with Gasteiger partial charge in [-0.1, -0.05) is 18.2 Å². The quantitative estimate of drug-likeness (QED) is 0.938. The standard InChI is InChI=1S/C13H8F3NO3/c14-13(15,16)20-10-4-1-8(2-5-10)9-3-6-11(12(18)19)17-7-9/h1-7H,(H,18,19). The van der Waals surface area contributed by atoms with Gasteiger partial charge in [0.2, 0.25) is 0 Å². The molecule has 0 amide bonds. The number of carboxylic acid groups (broad SMARTS) is 1. The van der Waals surface area contributed by atoms with Gasteiger partial charge in [0.15, 0.2) is 0 Å². The molecule has 1 heterocycles. The van der Waals surface area contributed by atoms with E-state index in [4.69, 9.17) is 5.11 Å². The van der Waals surface area contributed by atoms with Crippen LogP contribution in [0, 0.1) is 0 Å². The summed E-state index contributed by atoms with van der Waals surface area (Å²) in [6, 6.07) is 8.05. The average molecular weight is 283 g/mol. The van der Waals surface area contributed by atoms with Crippen molar-refractivity contribution in [2.45, 2.75) is 6.36 Å². The van der Waals surface area contributed by atoms with Crippen LogP contribution < -0.4 is 4.74 Å². The second-order valence-electron chi connectivity index (χ2n) is 3.81. The monoisotopic (exact) mass is 283 g/mol. The maximum absolute atomic E-state index is 12.0. The first-order chi connectivity index (χ1) is 9.35. The van der Waals surface area contributed by atoms with Gasteiger partial charge in [-0.3, -0.25) is 0 Å². The van der Waals surface area contributed by atoms with Crippen LogP contribution >= 0.6 is 0 Å². The lowest BCUT2D eigenvalue weighted by Gasteiger charge is -2.09. The van der Waals surface area contributed by atoms with Crippen LogP contribution in [0.2, 0.25) is 0 Å². The van der Waals surface area contributed by atoms with Crippen LogP contribution in [0.3, 0.4) is 0 Å². The van der Waals surface area contributed by atoms with Crippen LogP contribution in [-0.2, 0) is 0 Å². The molecule has 0 radical (unpaired) electrons. The van der Waals surface area contributed by atoms with Gasteiger partial charge in [-0.2, -0.15) is 0 Å². The summed E-state index contributed by atoms with van der Waals surface area (Å²) in [5.74, 6) is -1.47. The zero-order chi connectivity index (χ0) is 14.8. The van der Waals surface area contributed by atoms with Gasteiger partial charge in [0.05, 0.1) is 0 Å². The molecule has 0 bridgehead atoms. The summed E-state index contributed by atoms with van der Waals surface area (Å²) < 4.78 is 39.7. The zero-order valence-corrected chi connectivity index (χ0v) is 9.89. The molecule has 0 spiro atoms. The molecular weight excluding hydrogens is 275 g/mol. The Labute approximate surface area is 111 Å². The van der Waals surface area contributed by atoms with Gasteiger partial charge in [0.25, 0.3) is 0 Å². The number of hydrogen-bond donors (Lipinski definition) is 1. The third-order valence-corrected chi connectivity index (χ3v) is 2.40. The Morgan fingerprint density at radius 3 is 2.10 bits per heavy atom. The van der Waals surface area contributed by atoms with E-state index in [1.807, 2.05) is 0 Å². The largest absolute Gasteiger partial charge is 0.573 e. The van der Waals surface area contributed by atoms with Gasteiger partial charge < -0.3 is 9.84 Å². The van der Waals surface area contributed by atoms with Crippen LogP contribution in [0.5, 0.6) is 5.75 Å². The van der Waals surface area contributed by atoms with Crippen molar-refractivity contribution in [1.29, 1.82) is 0 Å². The molecule has 2 aromatic rings. The van der Waals surface area contributed by atoms with Crippen LogP contribution in [-0.4, -0.2) is 22.4 Å². The molecule has 0 aliphatic carbocycles. The van der Waals surface area contributed by atoms with Crippen molar-refractivity contribution in [3.05, 3.63) is 48.3 Å². The molecule has 2 rings (SSSR count). The van der Waals surface area contributed by atoms with Crippen molar-refractivity contribution >= 4 is 5.97 Å². The average Bonchev–Trinajstić information content (AvgIpc) is 2.38. The highest BCUT2D eigenvalue weighted by molar-refractivity contribution is 5.85. The summed E-state index contributed by atoms with van der Waals surface area (Å²) in [5.41, 5.74) is 1.09. The predicted octanol–water partition coefficient (Wildman–Crippen LogP) is 3.35. The third-order valence-electron chi connectivity index (χ3n) is 2.40. The van der Waals surface area contributed by atoms with Crippen molar-refractivity contribution in [1.82, 2.24) is 4.98 Å². The summed E-state index contributed by atoms with van der Waals surface area (Å²) in [4.78, 5) is 14.4. The van der Waals surface area contributed by atoms with E-state index in [9.17, 15) is 18.0 Å². The first-order valence-corrected chi connectivity index (χ1v) is 5.41. The maximum Gasteiger partial charge on any atom is 0.573 e. The molecule has 0 aliphatic rings. The summed E-state index contributed by atoms with van der Waals surface area (Å²) in [6.45, 7) is 0. The van der Waals surface area contributed by atoms with Gasteiger partial charge in [-0.15, -0.1) is 13.2 Å². The number of carboxylic acids is 1. The predicted molar refractivity (Wildman–Crippen MR) is 63.3 cm³/mol. The third kappa shape index (κ3) is 3.47. The fourth-order valence-corrected chi connectivity index (χ4v) is 1.54. The summed E-state index contributed by atoms with van der Waals surface area (Å²) in [5, 5.41) is 8.71. The molecule has 0 fully saturated rings. The minimum atomic E-state index is -4.73. The molecule has 0 saturated carbocycles. The highest BCUT2D eigenvalue weighted by Gasteiger charge is 2.30. The molecule has 0 saturated heterocycles. The second-order valence-corrected chi connectivity index (χ2v) is 3.81. The van der Waals surface area contributed by atoms with Crippen molar-refractivity contribution in [2.75, 3.05) is 0 Å². The summed E-state index contributed by atoms with van der Waals surface area (Å²) in [7, 11) is 0. The minimum Gasteiger partial charge on any atom is -0.477 e. The molecule has 0 aliphatic heterocycles. The molecule has 7 heteroatoms. The lowest BCUT2D eigenvalue weighted by atomic mass is 10.1. The summed E-state index contributed by atoms with van der Waals surface area (Å²) >= 11 is 0. The van der Waals surface area contributed by atoms with Crippen molar-refractivity contribution in [3.8, 4) is 16.9 Å². The van der Waals surface area contributed by atoms with E-state index >= 15 is 0 Å². The molecule has 0 unspecified atom stereocenters. The normalized spacial score (nSPS) is 11.2. The molecule has 20 heavy (non-hydrogen) atoms. The van der Waals surface area contributed by atoms with Gasteiger partial charge in [0, 0.05) is 11.8 Å². The van der Waals surface area contributed by atoms with E-state index in [0.29, 0.717) is 11.1 Å². The van der Waals surface area contributed by atoms with E-state index in [0.717, 1.165) is 0 Å².